The summed E-state index contributed by atoms with van der Waals surface area (Å²) in [5.74, 6) is 0.640. The minimum absolute atomic E-state index is 0.640. The monoisotopic (exact) mass is 178 g/mol. The fraction of sp³-hybridized carbons (Fsp3) is 0.375. The van der Waals surface area contributed by atoms with Gasteiger partial charge < -0.3 is 10.6 Å². The van der Waals surface area contributed by atoms with Crippen LogP contribution < -0.4 is 10.6 Å². The summed E-state index contributed by atoms with van der Waals surface area (Å²) in [6.07, 6.45) is 2.98. The first-order valence-corrected chi connectivity index (χ1v) is 4.15. The van der Waals surface area contributed by atoms with E-state index in [0.29, 0.717) is 12.2 Å². The Hall–Kier alpha value is -1.49. The van der Waals surface area contributed by atoms with Gasteiger partial charge >= 0.3 is 0 Å². The van der Waals surface area contributed by atoms with E-state index in [1.165, 1.54) is 6.33 Å². The zero-order valence-electron chi connectivity index (χ0n) is 7.08. The van der Waals surface area contributed by atoms with Gasteiger partial charge in [-0.2, -0.15) is 0 Å². The molecule has 0 unspecified atom stereocenters. The molecule has 1 aliphatic heterocycles. The van der Waals surface area contributed by atoms with Crippen molar-refractivity contribution in [1.29, 1.82) is 0 Å². The molecular weight excluding hydrogens is 168 g/mol. The van der Waals surface area contributed by atoms with Crippen LogP contribution in [0.5, 0.6) is 0 Å². The van der Waals surface area contributed by atoms with Crippen LogP contribution in [0.4, 0.5) is 5.82 Å². The lowest BCUT2D eigenvalue weighted by molar-refractivity contribution is -0.105. The number of aromatic nitrogens is 2. The van der Waals surface area contributed by atoms with Gasteiger partial charge in [0.1, 0.15) is 12.1 Å². The zero-order valence-corrected chi connectivity index (χ0v) is 7.08. The van der Waals surface area contributed by atoms with Gasteiger partial charge in [0.25, 0.3) is 0 Å². The smallest absolute Gasteiger partial charge is 0.212 e. The third-order valence-corrected chi connectivity index (χ3v) is 2.07. The topological polar surface area (TPSA) is 66.9 Å². The maximum Gasteiger partial charge on any atom is 0.212 e. The first kappa shape index (κ1) is 8.12. The Morgan fingerprint density at radius 2 is 2.46 bits per heavy atom. The summed E-state index contributed by atoms with van der Waals surface area (Å²) >= 11 is 0. The normalized spacial score (nSPS) is 14.8. The number of fused-ring (bicyclic) bond motifs is 1. The fourth-order valence-electron chi connectivity index (χ4n) is 1.46. The molecule has 5 nitrogen and oxygen atoms in total. The van der Waals surface area contributed by atoms with Crippen molar-refractivity contribution in [2.75, 3.05) is 11.9 Å². The molecule has 0 aliphatic carbocycles. The van der Waals surface area contributed by atoms with E-state index in [9.17, 15) is 4.79 Å². The fourth-order valence-corrected chi connectivity index (χ4v) is 1.46. The molecule has 2 heterocycles. The molecule has 1 aliphatic rings. The molecule has 2 rings (SSSR count). The molecule has 0 saturated carbocycles. The molecule has 1 amide bonds. The summed E-state index contributed by atoms with van der Waals surface area (Å²) in [5.41, 5.74) is 2.03. The summed E-state index contributed by atoms with van der Waals surface area (Å²) in [4.78, 5) is 18.4. The van der Waals surface area contributed by atoms with Crippen LogP contribution in [0.25, 0.3) is 0 Å². The largest absolute Gasteiger partial charge is 0.313 e. The standard InChI is InChI=1S/C8H10N4O/c13-5-12-8-6-1-2-9-3-7(6)10-4-11-8/h4-5,9H,1-3H2,(H,10,11,12,13). The predicted molar refractivity (Wildman–Crippen MR) is 47.1 cm³/mol. The molecule has 0 atom stereocenters. The van der Waals surface area contributed by atoms with Gasteiger partial charge in [-0.05, 0) is 13.0 Å². The lowest BCUT2D eigenvalue weighted by Gasteiger charge is -2.17. The molecule has 0 saturated heterocycles. The van der Waals surface area contributed by atoms with E-state index in [4.69, 9.17) is 0 Å². The Bertz CT molecular complexity index is 326. The molecular formula is C8H10N4O. The maximum absolute atomic E-state index is 10.3. The van der Waals surface area contributed by atoms with E-state index in [2.05, 4.69) is 20.6 Å². The number of nitrogens with zero attached hydrogens (tertiary/aromatic N) is 2. The molecule has 0 spiro atoms. The van der Waals surface area contributed by atoms with Crippen LogP contribution in [0.1, 0.15) is 11.3 Å². The first-order chi connectivity index (χ1) is 6.42. The van der Waals surface area contributed by atoms with Crippen LogP contribution in [-0.4, -0.2) is 22.9 Å². The minimum atomic E-state index is 0.640. The number of carbonyl (C=O) groups excluding carboxylic acids is 1. The van der Waals surface area contributed by atoms with Gasteiger partial charge in [0.05, 0.1) is 5.69 Å². The highest BCUT2D eigenvalue weighted by molar-refractivity contribution is 5.71. The maximum atomic E-state index is 10.3. The Morgan fingerprint density at radius 3 is 3.31 bits per heavy atom. The van der Waals surface area contributed by atoms with Gasteiger partial charge in [-0.3, -0.25) is 4.79 Å². The number of anilines is 1. The third kappa shape index (κ3) is 1.50. The van der Waals surface area contributed by atoms with Crippen molar-refractivity contribution in [2.24, 2.45) is 0 Å². The van der Waals surface area contributed by atoms with Crippen molar-refractivity contribution < 1.29 is 4.79 Å². The van der Waals surface area contributed by atoms with Gasteiger partial charge in [-0.25, -0.2) is 9.97 Å². The van der Waals surface area contributed by atoms with Crippen LogP contribution in [0.2, 0.25) is 0 Å². The van der Waals surface area contributed by atoms with Crippen molar-refractivity contribution >= 4 is 12.2 Å². The Balaban J connectivity index is 2.39. The number of rotatable bonds is 2. The van der Waals surface area contributed by atoms with E-state index in [1.807, 2.05) is 0 Å². The number of hydrogen-bond acceptors (Lipinski definition) is 4. The number of carbonyl (C=O) groups is 1. The molecule has 13 heavy (non-hydrogen) atoms. The SMILES string of the molecule is O=CNc1ncnc2c1CCNC2. The summed E-state index contributed by atoms with van der Waals surface area (Å²) in [5, 5.41) is 5.78. The van der Waals surface area contributed by atoms with Gasteiger partial charge in [0, 0.05) is 12.1 Å². The van der Waals surface area contributed by atoms with Crippen molar-refractivity contribution in [3.05, 3.63) is 17.6 Å². The van der Waals surface area contributed by atoms with Crippen LogP contribution in [0.3, 0.4) is 0 Å². The highest BCUT2D eigenvalue weighted by Crippen LogP contribution is 2.17. The van der Waals surface area contributed by atoms with Crippen LogP contribution >= 0.6 is 0 Å². The van der Waals surface area contributed by atoms with E-state index in [1.54, 1.807) is 0 Å². The van der Waals surface area contributed by atoms with Crippen molar-refractivity contribution in [2.45, 2.75) is 13.0 Å². The van der Waals surface area contributed by atoms with E-state index >= 15 is 0 Å². The minimum Gasteiger partial charge on any atom is -0.313 e. The van der Waals surface area contributed by atoms with Gasteiger partial charge in [-0.15, -0.1) is 0 Å². The van der Waals surface area contributed by atoms with Crippen molar-refractivity contribution in [3.8, 4) is 0 Å². The van der Waals surface area contributed by atoms with E-state index in [0.717, 1.165) is 30.8 Å². The molecule has 1 aromatic rings. The van der Waals surface area contributed by atoms with E-state index < -0.39 is 0 Å². The molecule has 0 bridgehead atoms. The molecule has 0 fully saturated rings. The Kier molecular flexibility index (Phi) is 2.18. The lowest BCUT2D eigenvalue weighted by Crippen LogP contribution is -2.26. The average molecular weight is 178 g/mol. The summed E-state index contributed by atoms with van der Waals surface area (Å²) < 4.78 is 0. The molecule has 0 radical (unpaired) electrons. The number of amides is 1. The Labute approximate surface area is 75.6 Å². The second-order valence-electron chi connectivity index (χ2n) is 2.84. The quantitative estimate of drug-likeness (QED) is 0.610. The molecule has 5 heteroatoms. The van der Waals surface area contributed by atoms with Crippen molar-refractivity contribution in [3.63, 3.8) is 0 Å². The van der Waals surface area contributed by atoms with Crippen molar-refractivity contribution in [1.82, 2.24) is 15.3 Å². The lowest BCUT2D eigenvalue weighted by atomic mass is 10.1. The number of nitrogens with one attached hydrogen (secondary N) is 2. The average Bonchev–Trinajstić information content (AvgIpc) is 2.19. The van der Waals surface area contributed by atoms with Gasteiger partial charge in [0.15, 0.2) is 0 Å². The highest BCUT2D eigenvalue weighted by Gasteiger charge is 2.13. The molecule has 0 aromatic carbocycles. The first-order valence-electron chi connectivity index (χ1n) is 4.15. The van der Waals surface area contributed by atoms with Crippen LogP contribution in [-0.2, 0) is 17.8 Å². The molecule has 1 aromatic heterocycles. The molecule has 68 valence electrons. The summed E-state index contributed by atoms with van der Waals surface area (Å²) in [6, 6.07) is 0. The molecule has 2 N–H and O–H groups in total. The predicted octanol–water partition coefficient (Wildman–Crippen LogP) is -0.309. The van der Waals surface area contributed by atoms with Gasteiger partial charge in [-0.1, -0.05) is 0 Å². The summed E-state index contributed by atoms with van der Waals surface area (Å²) in [7, 11) is 0. The number of hydrogen-bond donors (Lipinski definition) is 2. The Morgan fingerprint density at radius 1 is 1.54 bits per heavy atom. The second-order valence-corrected chi connectivity index (χ2v) is 2.84. The van der Waals surface area contributed by atoms with Gasteiger partial charge in [0.2, 0.25) is 6.41 Å². The third-order valence-electron chi connectivity index (χ3n) is 2.07. The van der Waals surface area contributed by atoms with E-state index in [-0.39, 0.29) is 0 Å². The second kappa shape index (κ2) is 3.49. The summed E-state index contributed by atoms with van der Waals surface area (Å²) in [6.45, 7) is 1.67. The van der Waals surface area contributed by atoms with Crippen LogP contribution in [0, 0.1) is 0 Å². The highest BCUT2D eigenvalue weighted by atomic mass is 16.1. The zero-order chi connectivity index (χ0) is 9.10. The van der Waals surface area contributed by atoms with Crippen LogP contribution in [0.15, 0.2) is 6.33 Å².